The number of aliphatic carboxylic acids is 2. The first kappa shape index (κ1) is 15.4. The molecule has 0 aliphatic rings. The van der Waals surface area contributed by atoms with Crippen LogP contribution in [0.5, 0.6) is 5.75 Å². The minimum Gasteiger partial charge on any atom is -0.496 e. The average Bonchev–Trinajstić information content (AvgIpc) is 2.37. The fourth-order valence-corrected chi connectivity index (χ4v) is 0.965. The second-order valence-corrected chi connectivity index (χ2v) is 2.96. The van der Waals surface area contributed by atoms with E-state index in [2.05, 4.69) is 6.58 Å². The zero-order chi connectivity index (χ0) is 14.0. The van der Waals surface area contributed by atoms with Gasteiger partial charge < -0.3 is 14.9 Å². The summed E-state index contributed by atoms with van der Waals surface area (Å²) in [6.45, 7) is 2.96. The van der Waals surface area contributed by atoms with E-state index < -0.39 is 11.9 Å². The van der Waals surface area contributed by atoms with Gasteiger partial charge in [-0.3, -0.25) is 0 Å². The lowest BCUT2D eigenvalue weighted by atomic mass is 10.2. The lowest BCUT2D eigenvalue weighted by molar-refractivity contribution is -0.132. The van der Waals surface area contributed by atoms with Crippen LogP contribution in [-0.2, 0) is 9.59 Å². The Morgan fingerprint density at radius 1 is 1.22 bits per heavy atom. The van der Waals surface area contributed by atoms with Crippen LogP contribution in [0.1, 0.15) is 5.56 Å². The van der Waals surface area contributed by atoms with Crippen LogP contribution < -0.4 is 4.74 Å². The SMILES string of the molecule is C=CC(=O)O.COc1ccccc1/C=C/C(=O)O. The zero-order valence-electron chi connectivity index (χ0n) is 9.87. The van der Waals surface area contributed by atoms with Gasteiger partial charge in [-0.15, -0.1) is 0 Å². The van der Waals surface area contributed by atoms with Crippen LogP contribution in [-0.4, -0.2) is 29.3 Å². The molecule has 0 aromatic heterocycles. The third-order valence-electron chi connectivity index (χ3n) is 1.72. The molecule has 1 rings (SSSR count). The summed E-state index contributed by atoms with van der Waals surface area (Å²) in [5.41, 5.74) is 0.757. The summed E-state index contributed by atoms with van der Waals surface area (Å²) in [6.07, 6.45) is 3.42. The number of benzene rings is 1. The molecule has 0 unspecified atom stereocenters. The van der Waals surface area contributed by atoms with Crippen LogP contribution in [0.4, 0.5) is 0 Å². The molecule has 5 heteroatoms. The minimum atomic E-state index is -0.981. The molecule has 2 N–H and O–H groups in total. The molecule has 1 aromatic rings. The monoisotopic (exact) mass is 250 g/mol. The van der Waals surface area contributed by atoms with Gasteiger partial charge in [-0.1, -0.05) is 24.8 Å². The quantitative estimate of drug-likeness (QED) is 0.799. The molecule has 0 saturated heterocycles. The lowest BCUT2D eigenvalue weighted by Crippen LogP contribution is -1.88. The Morgan fingerprint density at radius 2 is 1.78 bits per heavy atom. The molecule has 0 saturated carbocycles. The Balaban J connectivity index is 0.000000494. The van der Waals surface area contributed by atoms with Gasteiger partial charge in [0.05, 0.1) is 7.11 Å². The molecule has 0 bridgehead atoms. The van der Waals surface area contributed by atoms with E-state index >= 15 is 0 Å². The van der Waals surface area contributed by atoms with Gasteiger partial charge >= 0.3 is 11.9 Å². The molecule has 0 aliphatic carbocycles. The van der Waals surface area contributed by atoms with Gasteiger partial charge in [0.1, 0.15) is 5.75 Å². The smallest absolute Gasteiger partial charge is 0.328 e. The van der Waals surface area contributed by atoms with Crippen LogP contribution in [0, 0.1) is 0 Å². The number of methoxy groups -OCH3 is 1. The fourth-order valence-electron chi connectivity index (χ4n) is 0.965. The molecule has 1 aromatic carbocycles. The number of hydrogen-bond donors (Lipinski definition) is 2. The Kier molecular flexibility index (Phi) is 7.36. The van der Waals surface area contributed by atoms with Crippen molar-refractivity contribution in [1.82, 2.24) is 0 Å². The second kappa shape index (κ2) is 8.58. The van der Waals surface area contributed by atoms with E-state index in [4.69, 9.17) is 14.9 Å². The van der Waals surface area contributed by atoms with Gasteiger partial charge in [0.25, 0.3) is 0 Å². The average molecular weight is 250 g/mol. The minimum absolute atomic E-state index is 0.667. The molecular formula is C13H14O5. The number of hydrogen-bond acceptors (Lipinski definition) is 3. The van der Waals surface area contributed by atoms with Crippen molar-refractivity contribution in [2.45, 2.75) is 0 Å². The van der Waals surface area contributed by atoms with Crippen LogP contribution in [0.2, 0.25) is 0 Å². The number of rotatable bonds is 4. The summed E-state index contributed by atoms with van der Waals surface area (Å²) in [4.78, 5) is 19.5. The van der Waals surface area contributed by atoms with Crippen molar-refractivity contribution in [3.8, 4) is 5.75 Å². The highest BCUT2D eigenvalue weighted by atomic mass is 16.5. The number of para-hydroxylation sites is 1. The topological polar surface area (TPSA) is 83.8 Å². The molecule has 18 heavy (non-hydrogen) atoms. The van der Waals surface area contributed by atoms with Crippen molar-refractivity contribution in [2.24, 2.45) is 0 Å². The van der Waals surface area contributed by atoms with Gasteiger partial charge in [0.2, 0.25) is 0 Å². The van der Waals surface area contributed by atoms with Crippen molar-refractivity contribution in [3.63, 3.8) is 0 Å². The maximum Gasteiger partial charge on any atom is 0.328 e. The molecule has 5 nitrogen and oxygen atoms in total. The Labute approximate surface area is 105 Å². The first-order valence-electron chi connectivity index (χ1n) is 4.90. The number of carboxylic acid groups (broad SMARTS) is 2. The molecule has 0 radical (unpaired) electrons. The second-order valence-electron chi connectivity index (χ2n) is 2.96. The zero-order valence-corrected chi connectivity index (χ0v) is 9.87. The molecule has 0 atom stereocenters. The van der Waals surface area contributed by atoms with Crippen molar-refractivity contribution in [1.29, 1.82) is 0 Å². The van der Waals surface area contributed by atoms with Crippen molar-refractivity contribution in [2.75, 3.05) is 7.11 Å². The van der Waals surface area contributed by atoms with Gasteiger partial charge in [-0.2, -0.15) is 0 Å². The molecule has 0 spiro atoms. The molecule has 96 valence electrons. The first-order chi connectivity index (χ1) is 8.51. The van der Waals surface area contributed by atoms with Gasteiger partial charge in [-0.25, -0.2) is 9.59 Å². The maximum absolute atomic E-state index is 10.2. The first-order valence-corrected chi connectivity index (χ1v) is 4.90. The van der Waals surface area contributed by atoms with Gasteiger partial charge in [-0.05, 0) is 12.1 Å². The fraction of sp³-hybridized carbons (Fsp3) is 0.0769. The lowest BCUT2D eigenvalue weighted by Gasteiger charge is -2.02. The highest BCUT2D eigenvalue weighted by Crippen LogP contribution is 2.18. The molecular weight excluding hydrogens is 236 g/mol. The number of carboxylic acids is 2. The third kappa shape index (κ3) is 6.84. The largest absolute Gasteiger partial charge is 0.496 e. The van der Waals surface area contributed by atoms with Crippen LogP contribution in [0.3, 0.4) is 0 Å². The molecule has 0 amide bonds. The summed E-state index contributed by atoms with van der Waals surface area (Å²) in [5.74, 6) is -1.28. The van der Waals surface area contributed by atoms with E-state index in [9.17, 15) is 9.59 Å². The Hall–Kier alpha value is -2.56. The van der Waals surface area contributed by atoms with E-state index in [1.807, 2.05) is 12.1 Å². The van der Waals surface area contributed by atoms with Crippen molar-refractivity contribution < 1.29 is 24.5 Å². The summed E-state index contributed by atoms with van der Waals surface area (Å²) in [6, 6.07) is 7.22. The molecule has 0 aliphatic heterocycles. The molecule has 0 heterocycles. The Bertz CT molecular complexity index is 448. The summed E-state index contributed by atoms with van der Waals surface area (Å²) in [7, 11) is 1.55. The Morgan fingerprint density at radius 3 is 2.22 bits per heavy atom. The van der Waals surface area contributed by atoms with Gasteiger partial charge in [0, 0.05) is 17.7 Å². The number of ether oxygens (including phenoxy) is 1. The van der Waals surface area contributed by atoms with E-state index in [0.29, 0.717) is 5.75 Å². The number of carbonyl (C=O) groups is 2. The highest BCUT2D eigenvalue weighted by molar-refractivity contribution is 5.85. The van der Waals surface area contributed by atoms with E-state index in [-0.39, 0.29) is 0 Å². The van der Waals surface area contributed by atoms with E-state index in [1.165, 1.54) is 6.08 Å². The molecule has 0 fully saturated rings. The van der Waals surface area contributed by atoms with Crippen LogP contribution >= 0.6 is 0 Å². The maximum atomic E-state index is 10.2. The summed E-state index contributed by atoms with van der Waals surface area (Å²) >= 11 is 0. The highest BCUT2D eigenvalue weighted by Gasteiger charge is 1.96. The van der Waals surface area contributed by atoms with Crippen LogP contribution in [0.15, 0.2) is 43.0 Å². The predicted octanol–water partition coefficient (Wildman–Crippen LogP) is 2.05. The normalized spacial score (nSPS) is 9.17. The van der Waals surface area contributed by atoms with Crippen molar-refractivity contribution in [3.05, 3.63) is 48.6 Å². The van der Waals surface area contributed by atoms with Gasteiger partial charge in [0.15, 0.2) is 0 Å². The predicted molar refractivity (Wildman–Crippen MR) is 67.5 cm³/mol. The van der Waals surface area contributed by atoms with E-state index in [1.54, 1.807) is 19.2 Å². The van der Waals surface area contributed by atoms with E-state index in [0.717, 1.165) is 17.7 Å². The summed E-state index contributed by atoms with van der Waals surface area (Å²) in [5, 5.41) is 16.0. The van der Waals surface area contributed by atoms with Crippen molar-refractivity contribution >= 4 is 18.0 Å². The summed E-state index contributed by atoms with van der Waals surface area (Å²) < 4.78 is 5.03. The third-order valence-corrected chi connectivity index (χ3v) is 1.72. The van der Waals surface area contributed by atoms with Crippen LogP contribution in [0.25, 0.3) is 6.08 Å². The standard InChI is InChI=1S/C10H10O3.C3H4O2/c1-13-9-5-3-2-4-8(9)6-7-10(11)12;1-2-3(4)5/h2-7H,1H3,(H,11,12);2H,1H2,(H,4,5)/b7-6+;.